The third-order valence-electron chi connectivity index (χ3n) is 4.45. The van der Waals surface area contributed by atoms with Crippen LogP contribution in [0.2, 0.25) is 0 Å². The summed E-state index contributed by atoms with van der Waals surface area (Å²) in [7, 11) is 0. The Morgan fingerprint density at radius 2 is 1.46 bits per heavy atom. The minimum Gasteiger partial charge on any atom is -0.477 e. The van der Waals surface area contributed by atoms with E-state index in [4.69, 9.17) is 18.9 Å². The first-order chi connectivity index (χ1) is 16.3. The molecule has 0 aliphatic heterocycles. The molecule has 0 aromatic heterocycles. The van der Waals surface area contributed by atoms with Gasteiger partial charge in [-0.25, -0.2) is 9.59 Å². The van der Waals surface area contributed by atoms with E-state index in [1.54, 1.807) is 20.8 Å². The van der Waals surface area contributed by atoms with Gasteiger partial charge >= 0.3 is 24.1 Å². The largest absolute Gasteiger partial charge is 0.510 e. The number of esters is 2. The van der Waals surface area contributed by atoms with Crippen LogP contribution in [0.5, 0.6) is 11.5 Å². The molecule has 1 aromatic rings. The summed E-state index contributed by atoms with van der Waals surface area (Å²) in [5, 5.41) is 12.7. The van der Waals surface area contributed by atoms with Crippen molar-refractivity contribution in [1.82, 2.24) is 5.32 Å². The Bertz CT molecular complexity index is 895. The maximum absolute atomic E-state index is 12.4. The Morgan fingerprint density at radius 1 is 0.914 bits per heavy atom. The molecule has 1 rings (SSSR count). The number of rotatable bonds is 13. The molecule has 0 amide bonds. The van der Waals surface area contributed by atoms with E-state index in [0.29, 0.717) is 5.56 Å². The van der Waals surface area contributed by atoms with E-state index >= 15 is 0 Å². The van der Waals surface area contributed by atoms with Crippen molar-refractivity contribution < 1.29 is 43.2 Å². The average molecular weight is 496 g/mol. The molecule has 0 saturated heterocycles. The van der Waals surface area contributed by atoms with Crippen LogP contribution in [0.15, 0.2) is 18.2 Å². The van der Waals surface area contributed by atoms with Crippen molar-refractivity contribution >= 4 is 24.1 Å². The number of aliphatic carboxylic acids is 1. The second-order valence-electron chi connectivity index (χ2n) is 9.32. The summed E-state index contributed by atoms with van der Waals surface area (Å²) in [6.07, 6.45) is -1.18. The van der Waals surface area contributed by atoms with Gasteiger partial charge in [0, 0.05) is 25.3 Å². The van der Waals surface area contributed by atoms with Gasteiger partial charge < -0.3 is 24.1 Å². The van der Waals surface area contributed by atoms with Crippen molar-refractivity contribution in [3.63, 3.8) is 0 Å². The fraction of sp³-hybridized carbons (Fsp3) is 0.600. The molecule has 10 nitrogen and oxygen atoms in total. The highest BCUT2D eigenvalue weighted by Crippen LogP contribution is 2.32. The summed E-state index contributed by atoms with van der Waals surface area (Å²) in [6, 6.07) is 3.94. The van der Waals surface area contributed by atoms with Crippen molar-refractivity contribution in [3.05, 3.63) is 23.8 Å². The molecule has 2 N–H and O–H groups in total. The molecule has 0 aliphatic carbocycles. The van der Waals surface area contributed by atoms with Crippen LogP contribution in [0.3, 0.4) is 0 Å². The zero-order valence-corrected chi connectivity index (χ0v) is 21.5. The number of nitrogens with one attached hydrogen (secondary N) is 1. The molecule has 196 valence electrons. The Kier molecular flexibility index (Phi) is 11.7. The van der Waals surface area contributed by atoms with Gasteiger partial charge in [0.2, 0.25) is 0 Å². The zero-order valence-electron chi connectivity index (χ0n) is 21.5. The topological polar surface area (TPSA) is 137 Å². The van der Waals surface area contributed by atoms with Crippen molar-refractivity contribution in [1.29, 1.82) is 0 Å². The van der Waals surface area contributed by atoms with E-state index < -0.39 is 29.8 Å². The van der Waals surface area contributed by atoms with E-state index in [9.17, 15) is 24.3 Å². The molecule has 0 heterocycles. The third kappa shape index (κ3) is 10.3. The second kappa shape index (κ2) is 13.7. The Morgan fingerprint density at radius 3 is 1.91 bits per heavy atom. The summed E-state index contributed by atoms with van der Waals surface area (Å²) in [6.45, 7) is 12.4. The minimum atomic E-state index is -2.16. The van der Waals surface area contributed by atoms with Crippen LogP contribution in [0.25, 0.3) is 0 Å². The SMILES string of the molecule is CCOC(=O)O[C@](Cc1ccc(OC(=O)CC(C)C)c(OC(=O)CC(C)C)c1)(NC(C)C)C(=O)O. The highest BCUT2D eigenvalue weighted by atomic mass is 16.7. The summed E-state index contributed by atoms with van der Waals surface area (Å²) < 4.78 is 20.8. The summed E-state index contributed by atoms with van der Waals surface area (Å²) in [5.74, 6) is -2.39. The van der Waals surface area contributed by atoms with Gasteiger partial charge in [-0.05, 0) is 50.3 Å². The molecule has 35 heavy (non-hydrogen) atoms. The molecule has 0 bridgehead atoms. The number of carbonyl (C=O) groups is 4. The zero-order chi connectivity index (χ0) is 26.8. The Hall–Kier alpha value is -3.14. The van der Waals surface area contributed by atoms with E-state index in [2.05, 4.69) is 5.32 Å². The van der Waals surface area contributed by atoms with E-state index in [-0.39, 0.29) is 55.2 Å². The molecular formula is C25H37NO9. The van der Waals surface area contributed by atoms with Gasteiger partial charge in [-0.3, -0.25) is 14.9 Å². The monoisotopic (exact) mass is 495 g/mol. The third-order valence-corrected chi connectivity index (χ3v) is 4.45. The number of ether oxygens (including phenoxy) is 4. The second-order valence-corrected chi connectivity index (χ2v) is 9.32. The van der Waals surface area contributed by atoms with Gasteiger partial charge in [0.25, 0.3) is 5.72 Å². The van der Waals surface area contributed by atoms with Gasteiger partial charge in [-0.2, -0.15) is 0 Å². The van der Waals surface area contributed by atoms with Crippen LogP contribution in [-0.4, -0.2) is 47.5 Å². The summed E-state index contributed by atoms with van der Waals surface area (Å²) >= 11 is 0. The summed E-state index contributed by atoms with van der Waals surface area (Å²) in [5.41, 5.74) is -1.81. The van der Waals surface area contributed by atoms with Crippen molar-refractivity contribution in [2.24, 2.45) is 11.8 Å². The van der Waals surface area contributed by atoms with Gasteiger partial charge in [0.1, 0.15) is 0 Å². The predicted molar refractivity (Wildman–Crippen MR) is 127 cm³/mol. The smallest absolute Gasteiger partial charge is 0.477 e. The highest BCUT2D eigenvalue weighted by molar-refractivity contribution is 5.81. The van der Waals surface area contributed by atoms with Crippen LogP contribution in [0.4, 0.5) is 4.79 Å². The fourth-order valence-electron chi connectivity index (χ4n) is 3.16. The van der Waals surface area contributed by atoms with Crippen molar-refractivity contribution in [2.45, 2.75) is 79.5 Å². The van der Waals surface area contributed by atoms with Crippen LogP contribution in [0.1, 0.15) is 66.9 Å². The van der Waals surface area contributed by atoms with Crippen LogP contribution >= 0.6 is 0 Å². The van der Waals surface area contributed by atoms with Crippen molar-refractivity contribution in [3.8, 4) is 11.5 Å². The first-order valence-electron chi connectivity index (χ1n) is 11.7. The maximum Gasteiger partial charge on any atom is 0.510 e. The average Bonchev–Trinajstić information content (AvgIpc) is 2.68. The van der Waals surface area contributed by atoms with Gasteiger partial charge in [0.05, 0.1) is 6.61 Å². The molecule has 1 atom stereocenters. The lowest BCUT2D eigenvalue weighted by Gasteiger charge is -2.31. The lowest BCUT2D eigenvalue weighted by Crippen LogP contribution is -2.59. The molecular weight excluding hydrogens is 458 g/mol. The molecule has 0 radical (unpaired) electrons. The first-order valence-corrected chi connectivity index (χ1v) is 11.7. The quantitative estimate of drug-likeness (QED) is 0.234. The van der Waals surface area contributed by atoms with Gasteiger partial charge in [-0.15, -0.1) is 0 Å². The molecule has 0 unspecified atom stereocenters. The Balaban J connectivity index is 3.40. The predicted octanol–water partition coefficient (Wildman–Crippen LogP) is 4.08. The number of hydrogen-bond acceptors (Lipinski definition) is 9. The fourth-order valence-corrected chi connectivity index (χ4v) is 3.16. The number of carboxylic acids is 1. The van der Waals surface area contributed by atoms with E-state index in [1.165, 1.54) is 18.2 Å². The molecule has 0 aliphatic rings. The van der Waals surface area contributed by atoms with E-state index in [1.807, 2.05) is 27.7 Å². The van der Waals surface area contributed by atoms with Crippen LogP contribution in [0, 0.1) is 11.8 Å². The van der Waals surface area contributed by atoms with Gasteiger partial charge in [0.15, 0.2) is 11.5 Å². The Labute approximate surface area is 206 Å². The lowest BCUT2D eigenvalue weighted by molar-refractivity contribution is -0.166. The molecule has 0 saturated carbocycles. The number of carboxylic acid groups (broad SMARTS) is 1. The molecule has 0 fully saturated rings. The number of benzene rings is 1. The van der Waals surface area contributed by atoms with Crippen LogP contribution in [-0.2, 0) is 30.3 Å². The van der Waals surface area contributed by atoms with E-state index in [0.717, 1.165) is 0 Å². The minimum absolute atomic E-state index is 0.00258. The maximum atomic E-state index is 12.4. The lowest BCUT2D eigenvalue weighted by atomic mass is 10.0. The summed E-state index contributed by atoms with van der Waals surface area (Å²) in [4.78, 5) is 48.9. The molecule has 0 spiro atoms. The van der Waals surface area contributed by atoms with Crippen molar-refractivity contribution in [2.75, 3.05) is 6.61 Å². The first kappa shape index (κ1) is 29.9. The normalized spacial score (nSPS) is 12.9. The number of hydrogen-bond donors (Lipinski definition) is 2. The highest BCUT2D eigenvalue weighted by Gasteiger charge is 2.44. The molecule has 10 heteroatoms. The number of carbonyl (C=O) groups excluding carboxylic acids is 3. The standard InChI is InChI=1S/C25H37NO9/c1-8-32-24(31)35-25(23(29)30,26-17(6)7)14-18-9-10-19(33-21(27)11-15(2)3)20(13-18)34-22(28)12-16(4)5/h9-10,13,15-17,26H,8,11-12,14H2,1-7H3,(H,29,30)/t25-/m0/s1. The van der Waals surface area contributed by atoms with Gasteiger partial charge in [-0.1, -0.05) is 33.8 Å². The molecule has 1 aromatic carbocycles. The van der Waals surface area contributed by atoms with Crippen LogP contribution < -0.4 is 14.8 Å².